The maximum atomic E-state index is 6.13. The molecule has 0 fully saturated rings. The molecule has 15 heavy (non-hydrogen) atoms. The Balaban J connectivity index is 2.55. The van der Waals surface area contributed by atoms with Gasteiger partial charge in [-0.1, -0.05) is 37.6 Å². The number of benzene rings is 1. The van der Waals surface area contributed by atoms with Crippen molar-refractivity contribution in [3.8, 4) is 5.69 Å². The van der Waals surface area contributed by atoms with E-state index in [1.165, 1.54) is 5.69 Å². The van der Waals surface area contributed by atoms with Crippen LogP contribution in [0.15, 0.2) is 36.5 Å². The Morgan fingerprint density at radius 3 is 2.60 bits per heavy atom. The summed E-state index contributed by atoms with van der Waals surface area (Å²) in [5.41, 5.74) is 2.11. The first-order valence-corrected chi connectivity index (χ1v) is 5.37. The second-order valence-electron chi connectivity index (χ2n) is 3.77. The van der Waals surface area contributed by atoms with Gasteiger partial charge in [0.2, 0.25) is 0 Å². The van der Waals surface area contributed by atoms with Crippen molar-refractivity contribution in [3.63, 3.8) is 0 Å². The average Bonchev–Trinajstić information content (AvgIpc) is 2.67. The van der Waals surface area contributed by atoms with Gasteiger partial charge in [-0.3, -0.25) is 0 Å². The third-order valence-corrected chi connectivity index (χ3v) is 2.66. The van der Waals surface area contributed by atoms with Gasteiger partial charge in [0.1, 0.15) is 0 Å². The summed E-state index contributed by atoms with van der Waals surface area (Å²) >= 11 is 6.13. The topological polar surface area (TPSA) is 17.8 Å². The molecule has 0 aliphatic heterocycles. The summed E-state index contributed by atoms with van der Waals surface area (Å²) in [7, 11) is 0. The zero-order valence-electron chi connectivity index (χ0n) is 8.81. The predicted molar refractivity (Wildman–Crippen MR) is 62.7 cm³/mol. The molecule has 0 amide bonds. The van der Waals surface area contributed by atoms with Gasteiger partial charge in [-0.2, -0.15) is 5.10 Å². The molecule has 0 aliphatic carbocycles. The number of nitrogens with zero attached hydrogens (tertiary/aromatic N) is 2. The molecule has 0 N–H and O–H groups in total. The van der Waals surface area contributed by atoms with Gasteiger partial charge >= 0.3 is 0 Å². The molecule has 0 spiro atoms. The van der Waals surface area contributed by atoms with Gasteiger partial charge in [-0.15, -0.1) is 0 Å². The van der Waals surface area contributed by atoms with Crippen LogP contribution in [-0.4, -0.2) is 9.78 Å². The minimum absolute atomic E-state index is 0.434. The molecule has 0 radical (unpaired) electrons. The standard InChI is InChI=1S/C12H13ClN2/c1-9(2)11-7-8-14-15(11)12-6-4-3-5-10(12)13/h3-9H,1-2H3. The van der Waals surface area contributed by atoms with Crippen LogP contribution < -0.4 is 0 Å². The molecule has 2 aromatic rings. The van der Waals surface area contributed by atoms with E-state index in [0.717, 1.165) is 10.7 Å². The van der Waals surface area contributed by atoms with Crippen LogP contribution >= 0.6 is 11.6 Å². The molecule has 0 unspecified atom stereocenters. The first-order valence-electron chi connectivity index (χ1n) is 4.99. The molecule has 0 aliphatic rings. The summed E-state index contributed by atoms with van der Waals surface area (Å²) < 4.78 is 1.90. The first kappa shape index (κ1) is 10.2. The zero-order chi connectivity index (χ0) is 10.8. The second-order valence-corrected chi connectivity index (χ2v) is 4.18. The molecule has 1 heterocycles. The van der Waals surface area contributed by atoms with E-state index in [-0.39, 0.29) is 0 Å². The summed E-state index contributed by atoms with van der Waals surface area (Å²) in [6.45, 7) is 4.29. The number of halogens is 1. The number of aromatic nitrogens is 2. The molecule has 0 saturated heterocycles. The van der Waals surface area contributed by atoms with E-state index < -0.39 is 0 Å². The summed E-state index contributed by atoms with van der Waals surface area (Å²) in [6, 6.07) is 9.76. The maximum Gasteiger partial charge on any atom is 0.0835 e. The van der Waals surface area contributed by atoms with Crippen LogP contribution in [0.3, 0.4) is 0 Å². The predicted octanol–water partition coefficient (Wildman–Crippen LogP) is 3.65. The normalized spacial score (nSPS) is 10.9. The minimum atomic E-state index is 0.434. The fraction of sp³-hybridized carbons (Fsp3) is 0.250. The van der Waals surface area contributed by atoms with Crippen LogP contribution in [0.25, 0.3) is 5.69 Å². The monoisotopic (exact) mass is 220 g/mol. The third-order valence-electron chi connectivity index (χ3n) is 2.34. The molecule has 0 atom stereocenters. The van der Waals surface area contributed by atoms with E-state index in [1.807, 2.05) is 35.0 Å². The number of hydrogen-bond acceptors (Lipinski definition) is 1. The summed E-state index contributed by atoms with van der Waals surface area (Å²) in [5.74, 6) is 0.434. The van der Waals surface area contributed by atoms with Crippen LogP contribution in [0, 0.1) is 0 Å². The van der Waals surface area contributed by atoms with E-state index >= 15 is 0 Å². The Morgan fingerprint density at radius 1 is 1.20 bits per heavy atom. The molecular formula is C12H13ClN2. The molecule has 2 nitrogen and oxygen atoms in total. The number of para-hydroxylation sites is 1. The van der Waals surface area contributed by atoms with Crippen molar-refractivity contribution in [3.05, 3.63) is 47.2 Å². The lowest BCUT2D eigenvalue weighted by Gasteiger charge is -2.11. The van der Waals surface area contributed by atoms with Crippen LogP contribution in [0.1, 0.15) is 25.5 Å². The SMILES string of the molecule is CC(C)c1ccnn1-c1ccccc1Cl. The van der Waals surface area contributed by atoms with E-state index in [4.69, 9.17) is 11.6 Å². The van der Waals surface area contributed by atoms with Crippen molar-refractivity contribution in [2.45, 2.75) is 19.8 Å². The lowest BCUT2D eigenvalue weighted by Crippen LogP contribution is -2.03. The lowest BCUT2D eigenvalue weighted by atomic mass is 10.1. The van der Waals surface area contributed by atoms with Gasteiger partial charge in [0.15, 0.2) is 0 Å². The Labute approximate surface area is 94.5 Å². The summed E-state index contributed by atoms with van der Waals surface area (Å²) in [6.07, 6.45) is 1.80. The maximum absolute atomic E-state index is 6.13. The second kappa shape index (κ2) is 4.07. The highest BCUT2D eigenvalue weighted by Gasteiger charge is 2.10. The highest BCUT2D eigenvalue weighted by atomic mass is 35.5. The van der Waals surface area contributed by atoms with Crippen LogP contribution in [0.2, 0.25) is 5.02 Å². The Bertz CT molecular complexity index is 460. The van der Waals surface area contributed by atoms with Gasteiger partial charge in [-0.05, 0) is 24.1 Å². The average molecular weight is 221 g/mol. The fourth-order valence-electron chi connectivity index (χ4n) is 1.58. The summed E-state index contributed by atoms with van der Waals surface area (Å²) in [4.78, 5) is 0. The van der Waals surface area contributed by atoms with Crippen LogP contribution in [0.4, 0.5) is 0 Å². The van der Waals surface area contributed by atoms with Crippen LogP contribution in [-0.2, 0) is 0 Å². The van der Waals surface area contributed by atoms with Gasteiger partial charge in [-0.25, -0.2) is 4.68 Å². The molecule has 0 saturated carbocycles. The van der Waals surface area contributed by atoms with Crippen molar-refractivity contribution in [2.24, 2.45) is 0 Å². The van der Waals surface area contributed by atoms with Gasteiger partial charge in [0.25, 0.3) is 0 Å². The first-order chi connectivity index (χ1) is 7.20. The van der Waals surface area contributed by atoms with Crippen molar-refractivity contribution in [2.75, 3.05) is 0 Å². The summed E-state index contributed by atoms with van der Waals surface area (Å²) in [5, 5.41) is 5.03. The molecule has 2 rings (SSSR count). The highest BCUT2D eigenvalue weighted by molar-refractivity contribution is 6.32. The quantitative estimate of drug-likeness (QED) is 0.756. The van der Waals surface area contributed by atoms with E-state index in [9.17, 15) is 0 Å². The Morgan fingerprint density at radius 2 is 1.93 bits per heavy atom. The van der Waals surface area contributed by atoms with Crippen molar-refractivity contribution in [1.82, 2.24) is 9.78 Å². The molecular weight excluding hydrogens is 208 g/mol. The molecule has 1 aromatic heterocycles. The van der Waals surface area contributed by atoms with Crippen molar-refractivity contribution < 1.29 is 0 Å². The smallest absolute Gasteiger partial charge is 0.0835 e. The number of rotatable bonds is 2. The van der Waals surface area contributed by atoms with E-state index in [0.29, 0.717) is 5.92 Å². The molecule has 78 valence electrons. The Kier molecular flexibility index (Phi) is 2.78. The fourth-order valence-corrected chi connectivity index (χ4v) is 1.79. The van der Waals surface area contributed by atoms with E-state index in [2.05, 4.69) is 18.9 Å². The van der Waals surface area contributed by atoms with Gasteiger partial charge in [0.05, 0.1) is 10.7 Å². The largest absolute Gasteiger partial charge is 0.236 e. The minimum Gasteiger partial charge on any atom is -0.236 e. The molecule has 0 bridgehead atoms. The number of hydrogen-bond donors (Lipinski definition) is 0. The highest BCUT2D eigenvalue weighted by Crippen LogP contribution is 2.23. The molecule has 3 heteroatoms. The lowest BCUT2D eigenvalue weighted by molar-refractivity contribution is 0.734. The Hall–Kier alpha value is -1.28. The van der Waals surface area contributed by atoms with Crippen LogP contribution in [0.5, 0.6) is 0 Å². The molecule has 1 aromatic carbocycles. The van der Waals surface area contributed by atoms with Crippen molar-refractivity contribution in [1.29, 1.82) is 0 Å². The van der Waals surface area contributed by atoms with E-state index in [1.54, 1.807) is 6.20 Å². The third kappa shape index (κ3) is 1.90. The van der Waals surface area contributed by atoms with Gasteiger partial charge in [0, 0.05) is 11.9 Å². The van der Waals surface area contributed by atoms with Crippen molar-refractivity contribution >= 4 is 11.6 Å². The zero-order valence-corrected chi connectivity index (χ0v) is 9.57. The van der Waals surface area contributed by atoms with Gasteiger partial charge < -0.3 is 0 Å².